The summed E-state index contributed by atoms with van der Waals surface area (Å²) in [5.74, 6) is -0.831. The van der Waals surface area contributed by atoms with Crippen molar-refractivity contribution in [3.8, 4) is 0 Å². The van der Waals surface area contributed by atoms with Gasteiger partial charge in [0.25, 0.3) is 0 Å². The molecule has 2 saturated carbocycles. The second kappa shape index (κ2) is 4.64. The lowest BCUT2D eigenvalue weighted by Gasteiger charge is -2.07. The molecule has 3 rings (SSSR count). The maximum absolute atomic E-state index is 11.9. The molecule has 0 bridgehead atoms. The van der Waals surface area contributed by atoms with Gasteiger partial charge in [-0.05, 0) is 32.1 Å². The minimum Gasteiger partial charge on any atom is -0.481 e. The summed E-state index contributed by atoms with van der Waals surface area (Å²) in [7, 11) is 0. The average Bonchev–Trinajstić information content (AvgIpc) is 2.92. The van der Waals surface area contributed by atoms with Crippen molar-refractivity contribution in [1.29, 1.82) is 0 Å². The van der Waals surface area contributed by atoms with Crippen molar-refractivity contribution in [3.05, 3.63) is 5.89 Å². The summed E-state index contributed by atoms with van der Waals surface area (Å²) >= 11 is 0. The van der Waals surface area contributed by atoms with E-state index >= 15 is 0 Å². The first-order valence-corrected chi connectivity index (χ1v) is 6.50. The van der Waals surface area contributed by atoms with E-state index < -0.39 is 11.9 Å². The molecule has 2 aliphatic carbocycles. The lowest BCUT2D eigenvalue weighted by molar-refractivity contribution is -0.141. The fourth-order valence-electron chi connectivity index (χ4n) is 2.43. The molecule has 2 atom stereocenters. The Bertz CT molecular complexity index is 509. The number of nitrogens with one attached hydrogen (secondary N) is 1. The first-order chi connectivity index (χ1) is 9.13. The predicted molar refractivity (Wildman–Crippen MR) is 63.4 cm³/mol. The number of hydrogen-bond donors (Lipinski definition) is 2. The summed E-state index contributed by atoms with van der Waals surface area (Å²) in [6.07, 6.45) is 3.62. The third-order valence-corrected chi connectivity index (χ3v) is 3.75. The van der Waals surface area contributed by atoms with Crippen molar-refractivity contribution in [1.82, 2.24) is 10.2 Å². The minimum absolute atomic E-state index is 0.116. The molecule has 0 radical (unpaired) electrons. The fraction of sp³-hybridized carbons (Fsp3) is 0.667. The highest BCUT2D eigenvalue weighted by Gasteiger charge is 2.35. The second-order valence-electron chi connectivity index (χ2n) is 5.25. The average molecular weight is 265 g/mol. The summed E-state index contributed by atoms with van der Waals surface area (Å²) in [5, 5.41) is 19.1. The number of carbonyl (C=O) groups excluding carboxylic acids is 1. The van der Waals surface area contributed by atoms with Crippen LogP contribution in [0.1, 0.15) is 43.9 Å². The molecule has 0 saturated heterocycles. The van der Waals surface area contributed by atoms with Crippen LogP contribution in [0.25, 0.3) is 0 Å². The first-order valence-electron chi connectivity index (χ1n) is 6.50. The summed E-state index contributed by atoms with van der Waals surface area (Å²) in [5.41, 5.74) is 0. The van der Waals surface area contributed by atoms with E-state index in [9.17, 15) is 9.59 Å². The van der Waals surface area contributed by atoms with Crippen molar-refractivity contribution >= 4 is 17.9 Å². The summed E-state index contributed by atoms with van der Waals surface area (Å²) in [6.45, 7) is 0. The van der Waals surface area contributed by atoms with Crippen LogP contribution in [-0.4, -0.2) is 27.2 Å². The molecule has 2 fully saturated rings. The Morgan fingerprint density at radius 3 is 2.53 bits per heavy atom. The molecule has 1 amide bonds. The van der Waals surface area contributed by atoms with Crippen LogP contribution in [-0.2, 0) is 9.59 Å². The number of hydrogen-bond acceptors (Lipinski definition) is 5. The molecule has 2 aliphatic rings. The van der Waals surface area contributed by atoms with Crippen molar-refractivity contribution in [3.63, 3.8) is 0 Å². The number of carboxylic acid groups (broad SMARTS) is 1. The standard InChI is InChI=1S/C12H15N3O4/c16-9(7-3-4-8(5-7)11(17)18)13-12-15-14-10(19-12)6-1-2-6/h6-8H,1-5H2,(H,17,18)(H,13,15,16). The third kappa shape index (κ3) is 2.59. The van der Waals surface area contributed by atoms with Crippen LogP contribution in [0.5, 0.6) is 0 Å². The molecule has 1 heterocycles. The maximum Gasteiger partial charge on any atom is 0.322 e. The van der Waals surface area contributed by atoms with Gasteiger partial charge in [0.1, 0.15) is 0 Å². The lowest BCUT2D eigenvalue weighted by Crippen LogP contribution is -2.21. The Balaban J connectivity index is 1.57. The number of aliphatic carboxylic acids is 1. The molecule has 0 aliphatic heterocycles. The summed E-state index contributed by atoms with van der Waals surface area (Å²) < 4.78 is 5.34. The van der Waals surface area contributed by atoms with Crippen LogP contribution in [0, 0.1) is 11.8 Å². The quantitative estimate of drug-likeness (QED) is 0.852. The Kier molecular flexibility index (Phi) is 2.96. The van der Waals surface area contributed by atoms with Gasteiger partial charge in [-0.25, -0.2) is 0 Å². The monoisotopic (exact) mass is 265 g/mol. The topological polar surface area (TPSA) is 105 Å². The highest BCUT2D eigenvalue weighted by molar-refractivity contribution is 5.91. The highest BCUT2D eigenvalue weighted by Crippen LogP contribution is 2.39. The van der Waals surface area contributed by atoms with Crippen molar-refractivity contribution in [2.45, 2.75) is 38.0 Å². The Labute approximate surface area is 109 Å². The highest BCUT2D eigenvalue weighted by atomic mass is 16.4. The van der Waals surface area contributed by atoms with E-state index in [-0.39, 0.29) is 17.8 Å². The molecule has 19 heavy (non-hydrogen) atoms. The molecule has 1 aromatic rings. The van der Waals surface area contributed by atoms with Crippen LogP contribution >= 0.6 is 0 Å². The predicted octanol–water partition coefficient (Wildman–Crippen LogP) is 1.39. The zero-order valence-electron chi connectivity index (χ0n) is 10.3. The van der Waals surface area contributed by atoms with Crippen molar-refractivity contribution in [2.24, 2.45) is 11.8 Å². The zero-order chi connectivity index (χ0) is 13.4. The van der Waals surface area contributed by atoms with Crippen LogP contribution in [0.15, 0.2) is 4.42 Å². The molecule has 0 aromatic carbocycles. The minimum atomic E-state index is -0.830. The van der Waals surface area contributed by atoms with Gasteiger partial charge in [-0.1, -0.05) is 5.10 Å². The molecule has 7 heteroatoms. The van der Waals surface area contributed by atoms with E-state index in [1.807, 2.05) is 0 Å². The molecule has 1 aromatic heterocycles. The van der Waals surface area contributed by atoms with Crippen LogP contribution < -0.4 is 5.32 Å². The Morgan fingerprint density at radius 2 is 1.89 bits per heavy atom. The largest absolute Gasteiger partial charge is 0.481 e. The number of anilines is 1. The third-order valence-electron chi connectivity index (χ3n) is 3.75. The maximum atomic E-state index is 11.9. The normalized spacial score (nSPS) is 26.3. The van der Waals surface area contributed by atoms with Gasteiger partial charge in [-0.15, -0.1) is 5.10 Å². The van der Waals surface area contributed by atoms with E-state index in [1.54, 1.807) is 0 Å². The van der Waals surface area contributed by atoms with Crippen molar-refractivity contribution < 1.29 is 19.1 Å². The molecule has 2 N–H and O–H groups in total. The van der Waals surface area contributed by atoms with Gasteiger partial charge in [0.05, 0.1) is 5.92 Å². The van der Waals surface area contributed by atoms with Gasteiger partial charge in [-0.3, -0.25) is 14.9 Å². The molecular weight excluding hydrogens is 250 g/mol. The second-order valence-corrected chi connectivity index (χ2v) is 5.25. The fourth-order valence-corrected chi connectivity index (χ4v) is 2.43. The van der Waals surface area contributed by atoms with Gasteiger partial charge in [0, 0.05) is 11.8 Å². The van der Waals surface area contributed by atoms with E-state index in [2.05, 4.69) is 15.5 Å². The van der Waals surface area contributed by atoms with Crippen LogP contribution in [0.3, 0.4) is 0 Å². The van der Waals surface area contributed by atoms with E-state index in [4.69, 9.17) is 9.52 Å². The SMILES string of the molecule is O=C(O)C1CCC(C(=O)Nc2nnc(C3CC3)o2)C1. The number of rotatable bonds is 4. The molecule has 2 unspecified atom stereocenters. The number of aromatic nitrogens is 2. The number of carboxylic acids is 1. The number of nitrogens with zero attached hydrogens (tertiary/aromatic N) is 2. The van der Waals surface area contributed by atoms with E-state index in [1.165, 1.54) is 0 Å². The molecule has 7 nitrogen and oxygen atoms in total. The Morgan fingerprint density at radius 1 is 1.16 bits per heavy atom. The Hall–Kier alpha value is -1.92. The van der Waals surface area contributed by atoms with E-state index in [0.29, 0.717) is 31.1 Å². The summed E-state index contributed by atoms with van der Waals surface area (Å²) in [6, 6.07) is 0.116. The first kappa shape index (κ1) is 12.1. The molecule has 0 spiro atoms. The molecule has 102 valence electrons. The summed E-state index contributed by atoms with van der Waals surface area (Å²) in [4.78, 5) is 22.8. The van der Waals surface area contributed by atoms with Crippen LogP contribution in [0.4, 0.5) is 6.01 Å². The van der Waals surface area contributed by atoms with E-state index in [0.717, 1.165) is 12.8 Å². The van der Waals surface area contributed by atoms with Gasteiger partial charge < -0.3 is 9.52 Å². The number of carbonyl (C=O) groups is 2. The van der Waals surface area contributed by atoms with Crippen LogP contribution in [0.2, 0.25) is 0 Å². The van der Waals surface area contributed by atoms with Gasteiger partial charge in [-0.2, -0.15) is 0 Å². The lowest BCUT2D eigenvalue weighted by atomic mass is 10.0. The smallest absolute Gasteiger partial charge is 0.322 e. The number of amides is 1. The zero-order valence-corrected chi connectivity index (χ0v) is 10.3. The van der Waals surface area contributed by atoms with Gasteiger partial charge in [0.15, 0.2) is 0 Å². The molecular formula is C12H15N3O4. The van der Waals surface area contributed by atoms with Gasteiger partial charge in [0.2, 0.25) is 11.8 Å². The van der Waals surface area contributed by atoms with Crippen molar-refractivity contribution in [2.75, 3.05) is 5.32 Å². The van der Waals surface area contributed by atoms with Gasteiger partial charge >= 0.3 is 12.0 Å².